The topological polar surface area (TPSA) is 61.6 Å². The van der Waals surface area contributed by atoms with E-state index < -0.39 is 8.07 Å². The van der Waals surface area contributed by atoms with Crippen LogP contribution in [0.4, 0.5) is 5.82 Å². The number of hydrogen-bond acceptors (Lipinski definition) is 4. The first-order chi connectivity index (χ1) is 14.8. The Morgan fingerprint density at radius 2 is 1.97 bits per heavy atom. The summed E-state index contributed by atoms with van der Waals surface area (Å²) in [5.74, 6) is 0.481. The molecule has 8 heteroatoms. The first kappa shape index (κ1) is 21.0. The standard InChI is InChI=1S/C23H26N6OSi/c1-17-7-6-8-20(26-17)23-19(15-28(27-23)16-30-11-12-31(3,4)5)18-9-10-21-25-13-22(24-2)29(21)14-18/h6-10,13-15H,11-12,16H2,1,3-5H3. The maximum Gasteiger partial charge on any atom is 0.254 e. The van der Waals surface area contributed by atoms with Gasteiger partial charge in [0, 0.05) is 43.8 Å². The smallest absolute Gasteiger partial charge is 0.254 e. The van der Waals surface area contributed by atoms with Gasteiger partial charge in [-0.05, 0) is 31.2 Å². The summed E-state index contributed by atoms with van der Waals surface area (Å²) in [6, 6.07) is 11.0. The highest BCUT2D eigenvalue weighted by Crippen LogP contribution is 2.31. The van der Waals surface area contributed by atoms with Crippen molar-refractivity contribution in [3.63, 3.8) is 0 Å². The second-order valence-corrected chi connectivity index (χ2v) is 14.4. The first-order valence-electron chi connectivity index (χ1n) is 10.3. The van der Waals surface area contributed by atoms with Gasteiger partial charge in [-0.15, -0.1) is 0 Å². The van der Waals surface area contributed by atoms with Crippen molar-refractivity contribution in [3.05, 3.63) is 66.0 Å². The highest BCUT2D eigenvalue weighted by atomic mass is 28.3. The molecule has 0 aliphatic carbocycles. The fourth-order valence-electron chi connectivity index (χ4n) is 3.31. The van der Waals surface area contributed by atoms with Crippen LogP contribution in [-0.4, -0.2) is 38.8 Å². The van der Waals surface area contributed by atoms with E-state index in [1.54, 1.807) is 10.6 Å². The number of pyridine rings is 2. The molecule has 0 saturated carbocycles. The molecule has 0 aliphatic heterocycles. The summed E-state index contributed by atoms with van der Waals surface area (Å²) < 4.78 is 9.54. The Morgan fingerprint density at radius 1 is 1.13 bits per heavy atom. The number of ether oxygens (including phenoxy) is 1. The van der Waals surface area contributed by atoms with Crippen LogP contribution in [0.15, 0.2) is 48.9 Å². The van der Waals surface area contributed by atoms with Crippen molar-refractivity contribution in [1.29, 1.82) is 0 Å². The minimum atomic E-state index is -1.14. The molecule has 0 atom stereocenters. The molecule has 0 spiro atoms. The Bertz CT molecular complexity index is 1260. The second-order valence-electron chi connectivity index (χ2n) is 8.82. The molecule has 158 valence electrons. The molecule has 0 amide bonds. The maximum absolute atomic E-state index is 7.38. The first-order valence-corrected chi connectivity index (χ1v) is 14.0. The molecule has 0 aliphatic rings. The fraction of sp³-hybridized carbons (Fsp3) is 0.304. The molecule has 31 heavy (non-hydrogen) atoms. The highest BCUT2D eigenvalue weighted by Gasteiger charge is 2.17. The molecular weight excluding hydrogens is 404 g/mol. The quantitative estimate of drug-likeness (QED) is 0.223. The molecule has 0 fully saturated rings. The van der Waals surface area contributed by atoms with Gasteiger partial charge < -0.3 is 9.58 Å². The molecule has 0 aromatic carbocycles. The fourth-order valence-corrected chi connectivity index (χ4v) is 4.07. The van der Waals surface area contributed by atoms with Crippen molar-refractivity contribution in [2.24, 2.45) is 0 Å². The van der Waals surface area contributed by atoms with Gasteiger partial charge in [0.2, 0.25) is 5.65 Å². The molecule has 4 aromatic rings. The van der Waals surface area contributed by atoms with E-state index in [0.29, 0.717) is 12.5 Å². The summed E-state index contributed by atoms with van der Waals surface area (Å²) in [6.07, 6.45) is 5.51. The Balaban J connectivity index is 1.71. The summed E-state index contributed by atoms with van der Waals surface area (Å²) in [5.41, 5.74) is 5.17. The van der Waals surface area contributed by atoms with Gasteiger partial charge in [-0.2, -0.15) is 5.10 Å². The molecule has 4 rings (SSSR count). The van der Waals surface area contributed by atoms with Crippen LogP contribution in [0.2, 0.25) is 25.7 Å². The lowest BCUT2D eigenvalue weighted by Crippen LogP contribution is -2.22. The average molecular weight is 431 g/mol. The van der Waals surface area contributed by atoms with Gasteiger partial charge in [-0.1, -0.05) is 32.3 Å². The number of nitrogens with zero attached hydrogens (tertiary/aromatic N) is 6. The zero-order chi connectivity index (χ0) is 22.0. The zero-order valence-electron chi connectivity index (χ0n) is 18.3. The van der Waals surface area contributed by atoms with Gasteiger partial charge in [-0.3, -0.25) is 4.98 Å². The molecule has 0 bridgehead atoms. The number of fused-ring (bicyclic) bond motifs is 1. The van der Waals surface area contributed by atoms with E-state index in [9.17, 15) is 0 Å². The molecule has 4 heterocycles. The van der Waals surface area contributed by atoms with Gasteiger partial charge in [0.05, 0.1) is 18.1 Å². The van der Waals surface area contributed by atoms with Crippen LogP contribution in [0.3, 0.4) is 0 Å². The number of hydrogen-bond donors (Lipinski definition) is 0. The largest absolute Gasteiger partial charge is 0.362 e. The summed E-state index contributed by atoms with van der Waals surface area (Å²) in [7, 11) is -1.14. The third kappa shape index (κ3) is 4.73. The van der Waals surface area contributed by atoms with E-state index in [1.165, 1.54) is 0 Å². The van der Waals surface area contributed by atoms with E-state index in [2.05, 4.69) is 34.5 Å². The van der Waals surface area contributed by atoms with Crippen molar-refractivity contribution in [1.82, 2.24) is 24.1 Å². The Labute approximate surface area is 183 Å². The van der Waals surface area contributed by atoms with Gasteiger partial charge in [-0.25, -0.2) is 14.1 Å². The predicted octanol–water partition coefficient (Wildman–Crippen LogP) is 5.43. The Hall–Kier alpha value is -3.28. The SMILES string of the molecule is [C-]#[N+]c1cnc2ccc(-c3cn(COCC[Si](C)(C)C)nc3-c3cccc(C)n3)cn12. The number of aromatic nitrogens is 5. The normalized spacial score (nSPS) is 11.7. The van der Waals surface area contributed by atoms with Gasteiger partial charge in [0.25, 0.3) is 5.82 Å². The van der Waals surface area contributed by atoms with Crippen LogP contribution >= 0.6 is 0 Å². The van der Waals surface area contributed by atoms with Crippen molar-refractivity contribution in [2.75, 3.05) is 6.61 Å². The lowest BCUT2D eigenvalue weighted by molar-refractivity contribution is 0.0787. The number of aryl methyl sites for hydroxylation is 1. The molecule has 7 nitrogen and oxygen atoms in total. The Morgan fingerprint density at radius 3 is 2.71 bits per heavy atom. The number of imidazole rings is 1. The highest BCUT2D eigenvalue weighted by molar-refractivity contribution is 6.76. The van der Waals surface area contributed by atoms with Crippen LogP contribution in [0.25, 0.3) is 33.0 Å². The summed E-state index contributed by atoms with van der Waals surface area (Å²) in [4.78, 5) is 12.5. The zero-order valence-corrected chi connectivity index (χ0v) is 19.3. The molecular formula is C23H26N6OSi. The van der Waals surface area contributed by atoms with Crippen LogP contribution in [0.5, 0.6) is 0 Å². The van der Waals surface area contributed by atoms with Crippen molar-refractivity contribution in [3.8, 4) is 22.5 Å². The average Bonchev–Trinajstić information content (AvgIpc) is 3.34. The predicted molar refractivity (Wildman–Crippen MR) is 125 cm³/mol. The van der Waals surface area contributed by atoms with Gasteiger partial charge in [0.1, 0.15) is 12.4 Å². The Kier molecular flexibility index (Phi) is 5.72. The van der Waals surface area contributed by atoms with Crippen molar-refractivity contribution in [2.45, 2.75) is 39.3 Å². The molecule has 4 aromatic heterocycles. The monoisotopic (exact) mass is 430 g/mol. The van der Waals surface area contributed by atoms with Crippen LogP contribution in [-0.2, 0) is 11.5 Å². The summed E-state index contributed by atoms with van der Waals surface area (Å²) in [5, 5.41) is 4.80. The van der Waals surface area contributed by atoms with E-state index in [-0.39, 0.29) is 0 Å². The van der Waals surface area contributed by atoms with Gasteiger partial charge in [0.15, 0.2) is 0 Å². The maximum atomic E-state index is 7.38. The second kappa shape index (κ2) is 8.45. The molecule has 0 unspecified atom stereocenters. The lowest BCUT2D eigenvalue weighted by atomic mass is 10.1. The van der Waals surface area contributed by atoms with Crippen LogP contribution in [0, 0.1) is 13.5 Å². The minimum absolute atomic E-state index is 0.393. The van der Waals surface area contributed by atoms with Crippen LogP contribution < -0.4 is 0 Å². The number of rotatable bonds is 7. The summed E-state index contributed by atoms with van der Waals surface area (Å²) >= 11 is 0. The van der Waals surface area contributed by atoms with E-state index >= 15 is 0 Å². The van der Waals surface area contributed by atoms with E-state index in [0.717, 1.165) is 46.5 Å². The third-order valence-electron chi connectivity index (χ3n) is 5.02. The van der Waals surface area contributed by atoms with Crippen LogP contribution in [0.1, 0.15) is 5.69 Å². The molecule has 0 radical (unpaired) electrons. The van der Waals surface area contributed by atoms with Crippen molar-refractivity contribution >= 4 is 19.5 Å². The molecule has 0 saturated heterocycles. The third-order valence-corrected chi connectivity index (χ3v) is 6.73. The molecule has 0 N–H and O–H groups in total. The van der Waals surface area contributed by atoms with E-state index in [4.69, 9.17) is 16.4 Å². The summed E-state index contributed by atoms with van der Waals surface area (Å²) in [6.45, 7) is 17.5. The van der Waals surface area contributed by atoms with Crippen molar-refractivity contribution < 1.29 is 4.74 Å². The van der Waals surface area contributed by atoms with E-state index in [1.807, 2.05) is 54.3 Å². The van der Waals surface area contributed by atoms with Gasteiger partial charge >= 0.3 is 0 Å². The minimum Gasteiger partial charge on any atom is -0.362 e. The lowest BCUT2D eigenvalue weighted by Gasteiger charge is -2.15.